The van der Waals surface area contributed by atoms with Crippen LogP contribution in [-0.2, 0) is 10.0 Å². The van der Waals surface area contributed by atoms with Gasteiger partial charge in [0.25, 0.3) is 5.91 Å². The lowest BCUT2D eigenvalue weighted by Gasteiger charge is -2.19. The lowest BCUT2D eigenvalue weighted by atomic mass is 10.1. The van der Waals surface area contributed by atoms with Crippen molar-refractivity contribution in [3.05, 3.63) is 29.8 Å². The van der Waals surface area contributed by atoms with Crippen LogP contribution >= 0.6 is 0 Å². The predicted octanol–water partition coefficient (Wildman–Crippen LogP) is 1.96. The number of rotatable bonds is 10. The summed E-state index contributed by atoms with van der Waals surface area (Å²) >= 11 is 0. The fourth-order valence-corrected chi connectivity index (χ4v) is 3.72. The van der Waals surface area contributed by atoms with E-state index in [-0.39, 0.29) is 23.4 Å². The van der Waals surface area contributed by atoms with Gasteiger partial charge in [0.15, 0.2) is 0 Å². The highest BCUT2D eigenvalue weighted by Crippen LogP contribution is 2.14. The summed E-state index contributed by atoms with van der Waals surface area (Å²) in [5, 5.41) is 0. The van der Waals surface area contributed by atoms with Gasteiger partial charge in [-0.3, -0.25) is 4.79 Å². The lowest BCUT2D eigenvalue weighted by Crippen LogP contribution is -2.40. The minimum absolute atomic E-state index is 0.0975. The van der Waals surface area contributed by atoms with E-state index in [1.54, 1.807) is 17.0 Å². The summed E-state index contributed by atoms with van der Waals surface area (Å²) in [7, 11) is -3.63. The molecule has 0 spiro atoms. The Balaban J connectivity index is 2.88. The van der Waals surface area contributed by atoms with Gasteiger partial charge >= 0.3 is 0 Å². The predicted molar refractivity (Wildman–Crippen MR) is 96.4 cm³/mol. The Morgan fingerprint density at radius 1 is 1.17 bits per heavy atom. The minimum atomic E-state index is -3.63. The second-order valence-corrected chi connectivity index (χ2v) is 7.41. The molecule has 1 atom stereocenters. The van der Waals surface area contributed by atoms with Gasteiger partial charge in [0.2, 0.25) is 10.0 Å². The maximum atomic E-state index is 12.4. The molecule has 1 amide bonds. The molecule has 0 radical (unpaired) electrons. The second kappa shape index (κ2) is 9.76. The first kappa shape index (κ1) is 20.6. The third-order valence-electron chi connectivity index (χ3n) is 3.97. The Bertz CT molecular complexity index is 610. The molecular weight excluding hydrogens is 326 g/mol. The van der Waals surface area contributed by atoms with Crippen LogP contribution in [0.1, 0.15) is 50.4 Å². The highest BCUT2D eigenvalue weighted by Gasteiger charge is 2.20. The first-order valence-corrected chi connectivity index (χ1v) is 9.99. The molecule has 1 aromatic carbocycles. The summed E-state index contributed by atoms with van der Waals surface area (Å²) in [5.41, 5.74) is 6.13. The average Bonchev–Trinajstić information content (AvgIpc) is 2.59. The van der Waals surface area contributed by atoms with Crippen LogP contribution in [-0.4, -0.2) is 44.9 Å². The summed E-state index contributed by atoms with van der Waals surface area (Å²) < 4.78 is 27.5. The van der Waals surface area contributed by atoms with Crippen molar-refractivity contribution in [1.29, 1.82) is 0 Å². The van der Waals surface area contributed by atoms with Crippen LogP contribution in [0.2, 0.25) is 0 Å². The van der Waals surface area contributed by atoms with E-state index in [4.69, 9.17) is 5.73 Å². The van der Waals surface area contributed by atoms with Crippen LogP contribution in [0.15, 0.2) is 29.2 Å². The number of amides is 1. The highest BCUT2D eigenvalue weighted by molar-refractivity contribution is 7.89. The number of carbonyl (C=O) groups excluding carboxylic acids is 1. The summed E-state index contributed by atoms with van der Waals surface area (Å²) in [6, 6.07) is 5.77. The van der Waals surface area contributed by atoms with E-state index in [0.717, 1.165) is 12.8 Å². The molecule has 0 saturated carbocycles. The van der Waals surface area contributed by atoms with Crippen LogP contribution in [0.25, 0.3) is 0 Å². The van der Waals surface area contributed by atoms with Crippen molar-refractivity contribution in [3.63, 3.8) is 0 Å². The van der Waals surface area contributed by atoms with Crippen molar-refractivity contribution in [2.45, 2.75) is 51.0 Å². The van der Waals surface area contributed by atoms with E-state index in [9.17, 15) is 13.2 Å². The zero-order valence-corrected chi connectivity index (χ0v) is 15.6. The number of nitrogens with one attached hydrogen (secondary N) is 1. The molecule has 1 unspecified atom stereocenters. The van der Waals surface area contributed by atoms with Gasteiger partial charge in [-0.15, -0.1) is 0 Å². The number of nitrogens with zero attached hydrogens (tertiary/aromatic N) is 1. The van der Waals surface area contributed by atoms with Gasteiger partial charge in [0, 0.05) is 31.2 Å². The summed E-state index contributed by atoms with van der Waals surface area (Å²) in [6.07, 6.45) is 2.62. The Kier molecular flexibility index (Phi) is 8.38. The zero-order chi connectivity index (χ0) is 18.2. The third-order valence-corrected chi connectivity index (χ3v) is 5.51. The summed E-state index contributed by atoms with van der Waals surface area (Å²) in [5.74, 6) is -0.0975. The Labute approximate surface area is 145 Å². The largest absolute Gasteiger partial charge is 0.339 e. The van der Waals surface area contributed by atoms with Crippen LogP contribution in [0.3, 0.4) is 0 Å². The molecule has 0 aliphatic carbocycles. The zero-order valence-electron chi connectivity index (χ0n) is 14.8. The fraction of sp³-hybridized carbons (Fsp3) is 0.588. The van der Waals surface area contributed by atoms with E-state index >= 15 is 0 Å². The standard InChI is InChI=1S/C17H29N3O3S/c1-4-7-8-15(13-18)19-24(22,23)16-11-9-14(10-12-16)17(21)20(5-2)6-3/h9-12,15,19H,4-8,13,18H2,1-3H3. The normalized spacial score (nSPS) is 12.8. The SMILES string of the molecule is CCCCC(CN)NS(=O)(=O)c1ccc(C(=O)N(CC)CC)cc1. The molecule has 0 bridgehead atoms. The molecular formula is C17H29N3O3S. The molecule has 0 aromatic heterocycles. The van der Waals surface area contributed by atoms with Crippen LogP contribution in [0.5, 0.6) is 0 Å². The van der Waals surface area contributed by atoms with Crippen molar-refractivity contribution in [3.8, 4) is 0 Å². The summed E-state index contributed by atoms with van der Waals surface area (Å²) in [4.78, 5) is 14.1. The van der Waals surface area contributed by atoms with Gasteiger partial charge in [0.05, 0.1) is 4.90 Å². The number of unbranched alkanes of at least 4 members (excludes halogenated alkanes) is 1. The number of hydrogen-bond donors (Lipinski definition) is 2. The molecule has 0 heterocycles. The maximum Gasteiger partial charge on any atom is 0.253 e. The first-order valence-electron chi connectivity index (χ1n) is 8.51. The minimum Gasteiger partial charge on any atom is -0.339 e. The van der Waals surface area contributed by atoms with Crippen LogP contribution < -0.4 is 10.5 Å². The summed E-state index contributed by atoms with van der Waals surface area (Å²) in [6.45, 7) is 7.37. The van der Waals surface area contributed by atoms with E-state index in [1.807, 2.05) is 20.8 Å². The number of hydrogen-bond acceptors (Lipinski definition) is 4. The fourth-order valence-electron chi connectivity index (χ4n) is 2.43. The topological polar surface area (TPSA) is 92.5 Å². The van der Waals surface area contributed by atoms with Crippen molar-refractivity contribution >= 4 is 15.9 Å². The molecule has 136 valence electrons. The molecule has 0 aliphatic rings. The van der Waals surface area contributed by atoms with Gasteiger partial charge in [-0.1, -0.05) is 19.8 Å². The number of sulfonamides is 1. The van der Waals surface area contributed by atoms with Crippen molar-refractivity contribution < 1.29 is 13.2 Å². The van der Waals surface area contributed by atoms with E-state index in [2.05, 4.69) is 4.72 Å². The molecule has 24 heavy (non-hydrogen) atoms. The highest BCUT2D eigenvalue weighted by atomic mass is 32.2. The number of carbonyl (C=O) groups is 1. The Hall–Kier alpha value is -1.44. The van der Waals surface area contributed by atoms with Gasteiger partial charge in [0.1, 0.15) is 0 Å². The molecule has 6 nitrogen and oxygen atoms in total. The third kappa shape index (κ3) is 5.58. The first-order chi connectivity index (χ1) is 11.4. The van der Waals surface area contributed by atoms with Crippen molar-refractivity contribution in [2.75, 3.05) is 19.6 Å². The molecule has 3 N–H and O–H groups in total. The smallest absolute Gasteiger partial charge is 0.253 e. The quantitative estimate of drug-likeness (QED) is 0.671. The van der Waals surface area contributed by atoms with Crippen LogP contribution in [0, 0.1) is 0 Å². The van der Waals surface area contributed by atoms with Gasteiger partial charge in [-0.05, 0) is 44.5 Å². The molecule has 1 rings (SSSR count). The monoisotopic (exact) mass is 355 g/mol. The van der Waals surface area contributed by atoms with Crippen LogP contribution in [0.4, 0.5) is 0 Å². The maximum absolute atomic E-state index is 12.4. The Morgan fingerprint density at radius 3 is 2.21 bits per heavy atom. The van der Waals surface area contributed by atoms with E-state index in [0.29, 0.717) is 25.1 Å². The molecule has 0 aliphatic heterocycles. The van der Waals surface area contributed by atoms with E-state index in [1.165, 1.54) is 12.1 Å². The van der Waals surface area contributed by atoms with Crippen molar-refractivity contribution in [1.82, 2.24) is 9.62 Å². The number of benzene rings is 1. The molecule has 7 heteroatoms. The van der Waals surface area contributed by atoms with E-state index < -0.39 is 10.0 Å². The lowest BCUT2D eigenvalue weighted by molar-refractivity contribution is 0.0773. The van der Waals surface area contributed by atoms with Gasteiger partial charge < -0.3 is 10.6 Å². The second-order valence-electron chi connectivity index (χ2n) is 5.70. The van der Waals surface area contributed by atoms with Gasteiger partial charge in [-0.25, -0.2) is 13.1 Å². The molecule has 1 aromatic rings. The number of nitrogens with two attached hydrogens (primary N) is 1. The van der Waals surface area contributed by atoms with Crippen molar-refractivity contribution in [2.24, 2.45) is 5.73 Å². The average molecular weight is 356 g/mol. The Morgan fingerprint density at radius 2 is 1.75 bits per heavy atom. The molecule has 0 saturated heterocycles. The van der Waals surface area contributed by atoms with Gasteiger partial charge in [-0.2, -0.15) is 0 Å². The molecule has 0 fully saturated rings.